The van der Waals surface area contributed by atoms with E-state index in [0.717, 1.165) is 5.69 Å². The topological polar surface area (TPSA) is 87.3 Å². The van der Waals surface area contributed by atoms with E-state index in [4.69, 9.17) is 4.74 Å². The highest BCUT2D eigenvalue weighted by atomic mass is 32.2. The summed E-state index contributed by atoms with van der Waals surface area (Å²) < 4.78 is 34.3. The molecule has 1 aliphatic heterocycles. The number of ether oxygens (including phenoxy) is 1. The van der Waals surface area contributed by atoms with E-state index in [-0.39, 0.29) is 17.6 Å². The van der Waals surface area contributed by atoms with Gasteiger partial charge in [0, 0.05) is 30.3 Å². The number of nitrogens with zero attached hydrogens (tertiary/aromatic N) is 2. The Hall–Kier alpha value is -1.12. The Labute approximate surface area is 126 Å². The van der Waals surface area contributed by atoms with Crippen LogP contribution in [0.4, 0.5) is 5.82 Å². The number of rotatable bonds is 3. The van der Waals surface area contributed by atoms with Gasteiger partial charge in [-0.2, -0.15) is 17.8 Å². The summed E-state index contributed by atoms with van der Waals surface area (Å²) in [5.41, 5.74) is 0.766. The van der Waals surface area contributed by atoms with Crippen LogP contribution in [0.5, 0.6) is 0 Å². The first-order valence-electron chi connectivity index (χ1n) is 7.07. The van der Waals surface area contributed by atoms with Gasteiger partial charge < -0.3 is 4.74 Å². The normalized spacial score (nSPS) is 25.0. The molecule has 0 radical (unpaired) electrons. The molecule has 120 valence electrons. The van der Waals surface area contributed by atoms with Gasteiger partial charge in [0.05, 0.1) is 12.2 Å². The van der Waals surface area contributed by atoms with E-state index in [2.05, 4.69) is 14.9 Å². The molecule has 0 aromatic carbocycles. The smallest absolute Gasteiger partial charge is 0.303 e. The standard InChI is InChI=1S/C13H24N4O3S/c1-9-7-17(8-10(2)20-9)21(18,19)16-12-6-11(14-15-12)13(3,4)5/h6,9-10H,7-8H2,1-5H3,(H2,14,15,16). The summed E-state index contributed by atoms with van der Waals surface area (Å²) in [6, 6.07) is 1.73. The van der Waals surface area contributed by atoms with Crippen LogP contribution < -0.4 is 4.72 Å². The fraction of sp³-hybridized carbons (Fsp3) is 0.769. The maximum atomic E-state index is 12.4. The van der Waals surface area contributed by atoms with Crippen LogP contribution >= 0.6 is 0 Å². The second-order valence-electron chi connectivity index (χ2n) is 6.60. The van der Waals surface area contributed by atoms with E-state index in [1.54, 1.807) is 6.07 Å². The molecule has 1 aromatic rings. The number of nitrogens with one attached hydrogen (secondary N) is 2. The summed E-state index contributed by atoms with van der Waals surface area (Å²) in [4.78, 5) is 0. The minimum atomic E-state index is -3.61. The molecular formula is C13H24N4O3S. The molecule has 0 spiro atoms. The molecule has 2 heterocycles. The van der Waals surface area contributed by atoms with Crippen molar-refractivity contribution in [2.75, 3.05) is 17.8 Å². The van der Waals surface area contributed by atoms with Crippen molar-refractivity contribution in [1.82, 2.24) is 14.5 Å². The van der Waals surface area contributed by atoms with Gasteiger partial charge in [-0.15, -0.1) is 0 Å². The van der Waals surface area contributed by atoms with E-state index < -0.39 is 10.2 Å². The van der Waals surface area contributed by atoms with Crippen LogP contribution in [-0.4, -0.2) is 48.2 Å². The number of hydrogen-bond acceptors (Lipinski definition) is 4. The monoisotopic (exact) mass is 316 g/mol. The van der Waals surface area contributed by atoms with E-state index in [0.29, 0.717) is 18.9 Å². The van der Waals surface area contributed by atoms with Gasteiger partial charge in [-0.1, -0.05) is 20.8 Å². The van der Waals surface area contributed by atoms with Crippen molar-refractivity contribution in [1.29, 1.82) is 0 Å². The molecule has 8 heteroatoms. The predicted octanol–water partition coefficient (Wildman–Crippen LogP) is 1.47. The van der Waals surface area contributed by atoms with Gasteiger partial charge in [-0.05, 0) is 13.8 Å². The number of aromatic nitrogens is 2. The van der Waals surface area contributed by atoms with Crippen LogP contribution in [0.3, 0.4) is 0 Å². The largest absolute Gasteiger partial charge is 0.373 e. The molecule has 0 aliphatic carbocycles. The van der Waals surface area contributed by atoms with Crippen molar-refractivity contribution in [2.24, 2.45) is 0 Å². The van der Waals surface area contributed by atoms with Gasteiger partial charge >= 0.3 is 10.2 Å². The molecule has 0 amide bonds. The zero-order valence-corrected chi connectivity index (χ0v) is 14.0. The lowest BCUT2D eigenvalue weighted by atomic mass is 9.92. The molecule has 21 heavy (non-hydrogen) atoms. The van der Waals surface area contributed by atoms with Crippen molar-refractivity contribution < 1.29 is 13.2 Å². The van der Waals surface area contributed by atoms with Gasteiger partial charge in [-0.25, -0.2) is 0 Å². The van der Waals surface area contributed by atoms with E-state index >= 15 is 0 Å². The summed E-state index contributed by atoms with van der Waals surface area (Å²) in [5, 5.41) is 6.90. The number of aromatic amines is 1. The van der Waals surface area contributed by atoms with Crippen LogP contribution in [-0.2, 0) is 20.4 Å². The molecule has 7 nitrogen and oxygen atoms in total. The second-order valence-corrected chi connectivity index (χ2v) is 8.27. The molecule has 1 fully saturated rings. The quantitative estimate of drug-likeness (QED) is 0.884. The van der Waals surface area contributed by atoms with Crippen LogP contribution in [0.15, 0.2) is 6.07 Å². The third-order valence-electron chi connectivity index (χ3n) is 3.35. The van der Waals surface area contributed by atoms with E-state index in [9.17, 15) is 8.42 Å². The minimum Gasteiger partial charge on any atom is -0.373 e. The number of H-pyrrole nitrogens is 1. The van der Waals surface area contributed by atoms with Crippen LogP contribution in [0.1, 0.15) is 40.3 Å². The highest BCUT2D eigenvalue weighted by Crippen LogP contribution is 2.23. The highest BCUT2D eigenvalue weighted by Gasteiger charge is 2.31. The summed E-state index contributed by atoms with van der Waals surface area (Å²) in [6.07, 6.45) is -0.232. The van der Waals surface area contributed by atoms with Crippen molar-refractivity contribution >= 4 is 16.0 Å². The number of hydrogen-bond donors (Lipinski definition) is 2. The molecule has 1 aliphatic rings. The van der Waals surface area contributed by atoms with Gasteiger partial charge in [0.1, 0.15) is 0 Å². The lowest BCUT2D eigenvalue weighted by Crippen LogP contribution is -2.49. The maximum Gasteiger partial charge on any atom is 0.303 e. The van der Waals surface area contributed by atoms with Crippen molar-refractivity contribution in [3.05, 3.63) is 11.8 Å². The van der Waals surface area contributed by atoms with Gasteiger partial charge in [0.25, 0.3) is 0 Å². The van der Waals surface area contributed by atoms with Gasteiger partial charge in [-0.3, -0.25) is 9.82 Å². The van der Waals surface area contributed by atoms with E-state index in [1.807, 2.05) is 34.6 Å². The van der Waals surface area contributed by atoms with Crippen LogP contribution in [0, 0.1) is 0 Å². The highest BCUT2D eigenvalue weighted by molar-refractivity contribution is 7.90. The van der Waals surface area contributed by atoms with Gasteiger partial charge in [0.15, 0.2) is 5.82 Å². The van der Waals surface area contributed by atoms with Gasteiger partial charge in [0.2, 0.25) is 0 Å². The van der Waals surface area contributed by atoms with Crippen molar-refractivity contribution in [2.45, 2.75) is 52.2 Å². The molecule has 0 bridgehead atoms. The molecule has 2 atom stereocenters. The summed E-state index contributed by atoms with van der Waals surface area (Å²) in [6.45, 7) is 10.5. The third-order valence-corrected chi connectivity index (χ3v) is 4.79. The fourth-order valence-electron chi connectivity index (χ4n) is 2.28. The molecule has 2 unspecified atom stereocenters. The lowest BCUT2D eigenvalue weighted by Gasteiger charge is -2.34. The summed E-state index contributed by atoms with van der Waals surface area (Å²) in [5.74, 6) is 0.312. The average Bonchev–Trinajstić information content (AvgIpc) is 2.75. The second kappa shape index (κ2) is 5.58. The average molecular weight is 316 g/mol. The summed E-state index contributed by atoms with van der Waals surface area (Å²) >= 11 is 0. The molecule has 2 N–H and O–H groups in total. The molecule has 1 aromatic heterocycles. The zero-order chi connectivity index (χ0) is 15.8. The first-order valence-corrected chi connectivity index (χ1v) is 8.51. The molecule has 0 saturated carbocycles. The third kappa shape index (κ3) is 3.96. The lowest BCUT2D eigenvalue weighted by molar-refractivity contribution is -0.0439. The Bertz CT molecular complexity index is 581. The molecule has 1 saturated heterocycles. The minimum absolute atomic E-state index is 0.112. The van der Waals surface area contributed by atoms with Crippen molar-refractivity contribution in [3.63, 3.8) is 0 Å². The van der Waals surface area contributed by atoms with Crippen LogP contribution in [0.25, 0.3) is 0 Å². The number of morpholine rings is 1. The van der Waals surface area contributed by atoms with E-state index in [1.165, 1.54) is 4.31 Å². The Balaban J connectivity index is 2.12. The fourth-order valence-corrected chi connectivity index (χ4v) is 3.59. The molecular weight excluding hydrogens is 292 g/mol. The Morgan fingerprint density at radius 1 is 1.33 bits per heavy atom. The Kier molecular flexibility index (Phi) is 4.32. The summed E-state index contributed by atoms with van der Waals surface area (Å²) in [7, 11) is -3.61. The number of anilines is 1. The maximum absolute atomic E-state index is 12.4. The first-order chi connectivity index (χ1) is 9.58. The first kappa shape index (κ1) is 16.3. The zero-order valence-electron chi connectivity index (χ0n) is 13.2. The molecule has 2 rings (SSSR count). The van der Waals surface area contributed by atoms with Crippen molar-refractivity contribution in [3.8, 4) is 0 Å². The Morgan fingerprint density at radius 3 is 2.38 bits per heavy atom. The Morgan fingerprint density at radius 2 is 1.90 bits per heavy atom. The SMILES string of the molecule is CC1CN(S(=O)(=O)Nc2cc(C(C)(C)C)[nH]n2)CC(C)O1. The predicted molar refractivity (Wildman–Crippen MR) is 81.4 cm³/mol. The van der Waals surface area contributed by atoms with Crippen LogP contribution in [0.2, 0.25) is 0 Å².